The van der Waals surface area contributed by atoms with E-state index in [-0.39, 0.29) is 12.5 Å². The molecular weight excluding hydrogens is 326 g/mol. The first-order valence-corrected chi connectivity index (χ1v) is 9.40. The Morgan fingerprint density at radius 3 is 1.69 bits per heavy atom. The molecule has 1 amide bonds. The Kier molecular flexibility index (Phi) is 17.2. The lowest BCUT2D eigenvalue weighted by atomic mass is 10.2. The van der Waals surface area contributed by atoms with Crippen LogP contribution in [0.4, 0.5) is 0 Å². The third-order valence-electron chi connectivity index (χ3n) is 3.37. The van der Waals surface area contributed by atoms with E-state index in [1.807, 2.05) is 0 Å². The van der Waals surface area contributed by atoms with Crippen molar-refractivity contribution < 1.29 is 14.7 Å². The maximum absolute atomic E-state index is 11.3. The average molecular weight is 360 g/mol. The molecule has 0 atom stereocenters. The van der Waals surface area contributed by atoms with Gasteiger partial charge in [0.1, 0.15) is 6.54 Å². The number of allylic oxidation sites excluding steroid dienone is 10. The van der Waals surface area contributed by atoms with E-state index in [0.29, 0.717) is 6.42 Å². The molecule has 0 bridgehead atoms. The number of carboxylic acids is 1. The lowest BCUT2D eigenvalue weighted by Crippen LogP contribution is -2.28. The second-order valence-corrected chi connectivity index (χ2v) is 5.77. The average Bonchev–Trinajstić information content (AvgIpc) is 2.62. The summed E-state index contributed by atoms with van der Waals surface area (Å²) in [5.41, 5.74) is 0. The molecule has 26 heavy (non-hydrogen) atoms. The molecule has 4 heteroatoms. The second-order valence-electron chi connectivity index (χ2n) is 5.77. The predicted molar refractivity (Wildman–Crippen MR) is 109 cm³/mol. The monoisotopic (exact) mass is 359 g/mol. The van der Waals surface area contributed by atoms with Gasteiger partial charge < -0.3 is 10.4 Å². The zero-order chi connectivity index (χ0) is 19.3. The molecule has 0 aliphatic carbocycles. The number of amides is 1. The van der Waals surface area contributed by atoms with E-state index in [1.165, 1.54) is 0 Å². The van der Waals surface area contributed by atoms with Gasteiger partial charge in [-0.25, -0.2) is 0 Å². The van der Waals surface area contributed by atoms with Crippen LogP contribution in [0, 0.1) is 0 Å². The fourth-order valence-corrected chi connectivity index (χ4v) is 2.01. The first-order chi connectivity index (χ1) is 12.7. The summed E-state index contributed by atoms with van der Waals surface area (Å²) >= 11 is 0. The lowest BCUT2D eigenvalue weighted by Gasteiger charge is -2.00. The van der Waals surface area contributed by atoms with Gasteiger partial charge in [0.15, 0.2) is 0 Å². The highest BCUT2D eigenvalue weighted by Crippen LogP contribution is 1.99. The highest BCUT2D eigenvalue weighted by molar-refractivity contribution is 5.80. The van der Waals surface area contributed by atoms with Crippen molar-refractivity contribution in [2.24, 2.45) is 0 Å². The third kappa shape index (κ3) is 19.7. The van der Waals surface area contributed by atoms with E-state index in [0.717, 1.165) is 44.9 Å². The van der Waals surface area contributed by atoms with Gasteiger partial charge in [-0.05, 0) is 44.9 Å². The summed E-state index contributed by atoms with van der Waals surface area (Å²) < 4.78 is 0. The van der Waals surface area contributed by atoms with E-state index < -0.39 is 5.97 Å². The van der Waals surface area contributed by atoms with E-state index in [4.69, 9.17) is 5.11 Å². The van der Waals surface area contributed by atoms with Crippen molar-refractivity contribution in [3.05, 3.63) is 60.8 Å². The molecule has 2 N–H and O–H groups in total. The van der Waals surface area contributed by atoms with Gasteiger partial charge in [0.2, 0.25) is 5.91 Å². The summed E-state index contributed by atoms with van der Waals surface area (Å²) in [4.78, 5) is 21.6. The fourth-order valence-electron chi connectivity index (χ4n) is 2.01. The number of aliphatic carboxylic acids is 1. The normalized spacial score (nSPS) is 12.3. The Labute approximate surface area is 158 Å². The van der Waals surface area contributed by atoms with Crippen LogP contribution in [0.5, 0.6) is 0 Å². The van der Waals surface area contributed by atoms with Crippen LogP contribution >= 0.6 is 0 Å². The van der Waals surface area contributed by atoms with Gasteiger partial charge in [-0.1, -0.05) is 67.7 Å². The quantitative estimate of drug-likeness (QED) is 0.315. The second kappa shape index (κ2) is 19.0. The summed E-state index contributed by atoms with van der Waals surface area (Å²) in [6.07, 6.45) is 28.4. The zero-order valence-electron chi connectivity index (χ0n) is 15.9. The van der Waals surface area contributed by atoms with Gasteiger partial charge in [0.25, 0.3) is 0 Å². The molecule has 0 aromatic rings. The molecule has 0 rings (SSSR count). The van der Waals surface area contributed by atoms with Crippen LogP contribution in [-0.2, 0) is 9.59 Å². The summed E-state index contributed by atoms with van der Waals surface area (Å²) in [6, 6.07) is 0. The summed E-state index contributed by atoms with van der Waals surface area (Å²) in [6.45, 7) is 1.83. The number of rotatable bonds is 15. The van der Waals surface area contributed by atoms with Crippen LogP contribution in [-0.4, -0.2) is 23.5 Å². The number of nitrogens with one attached hydrogen (secondary N) is 1. The fraction of sp³-hybridized carbons (Fsp3) is 0.455. The topological polar surface area (TPSA) is 66.4 Å². The van der Waals surface area contributed by atoms with Crippen LogP contribution in [0.25, 0.3) is 0 Å². The van der Waals surface area contributed by atoms with Crippen molar-refractivity contribution in [3.8, 4) is 0 Å². The molecule has 0 saturated heterocycles. The number of hydrogen-bond donors (Lipinski definition) is 2. The van der Waals surface area contributed by atoms with E-state index in [1.54, 1.807) is 0 Å². The van der Waals surface area contributed by atoms with Gasteiger partial charge in [-0.15, -0.1) is 0 Å². The summed E-state index contributed by atoms with van der Waals surface area (Å²) in [5.74, 6) is -1.23. The first-order valence-electron chi connectivity index (χ1n) is 9.40. The molecule has 0 aliphatic rings. The van der Waals surface area contributed by atoms with Crippen LogP contribution in [0.1, 0.15) is 58.3 Å². The van der Waals surface area contributed by atoms with E-state index in [9.17, 15) is 9.59 Å². The standard InChI is InChI=1S/C22H33NO3/c1-2-3-4-5-6-7-8-9-10-11-12-13-14-15-16-17-18-19-21(24)23-20-22(25)26/h3-4,6-7,9-10,12-13,15-16H,2,5,8,11,14,17-20H2,1H3,(H,23,24)(H,25,26)/b4-3-,7-6?,10-9?,13-12-,16-15-. The highest BCUT2D eigenvalue weighted by atomic mass is 16.4. The number of unbranched alkanes of at least 4 members (excludes halogenated alkanes) is 1. The molecule has 4 nitrogen and oxygen atoms in total. The van der Waals surface area contributed by atoms with Gasteiger partial charge in [-0.3, -0.25) is 9.59 Å². The molecule has 0 aromatic carbocycles. The Morgan fingerprint density at radius 2 is 1.23 bits per heavy atom. The maximum atomic E-state index is 11.3. The van der Waals surface area contributed by atoms with E-state index in [2.05, 4.69) is 73.0 Å². The summed E-state index contributed by atoms with van der Waals surface area (Å²) in [5, 5.41) is 10.8. The molecule has 0 fully saturated rings. The molecule has 0 radical (unpaired) electrons. The Hall–Kier alpha value is -2.36. The molecule has 0 saturated carbocycles. The van der Waals surface area contributed by atoms with Gasteiger partial charge in [-0.2, -0.15) is 0 Å². The Balaban J connectivity index is 3.53. The van der Waals surface area contributed by atoms with Crippen LogP contribution in [0.15, 0.2) is 60.8 Å². The van der Waals surface area contributed by atoms with Crippen LogP contribution in [0.3, 0.4) is 0 Å². The van der Waals surface area contributed by atoms with Crippen molar-refractivity contribution in [2.75, 3.05) is 6.54 Å². The Morgan fingerprint density at radius 1 is 0.769 bits per heavy atom. The molecule has 144 valence electrons. The SMILES string of the molecule is CC/C=C\CC=CCC=CC/C=C\C/C=C\CCCC(=O)NCC(=O)O. The molecule has 0 aromatic heterocycles. The van der Waals surface area contributed by atoms with Gasteiger partial charge in [0, 0.05) is 6.42 Å². The third-order valence-corrected chi connectivity index (χ3v) is 3.37. The van der Waals surface area contributed by atoms with Crippen molar-refractivity contribution >= 4 is 11.9 Å². The molecule has 0 unspecified atom stereocenters. The Bertz CT molecular complexity index is 513. The van der Waals surface area contributed by atoms with Crippen molar-refractivity contribution in [2.45, 2.75) is 58.3 Å². The first kappa shape index (κ1) is 23.6. The lowest BCUT2D eigenvalue weighted by molar-refractivity contribution is -0.137. The molecule has 0 spiro atoms. The molecular formula is C22H33NO3. The maximum Gasteiger partial charge on any atom is 0.322 e. The number of carbonyl (C=O) groups is 2. The number of hydrogen-bond acceptors (Lipinski definition) is 2. The predicted octanol–water partition coefficient (Wildman–Crippen LogP) is 5.11. The van der Waals surface area contributed by atoms with Crippen LogP contribution < -0.4 is 5.32 Å². The zero-order valence-corrected chi connectivity index (χ0v) is 15.9. The van der Waals surface area contributed by atoms with Crippen molar-refractivity contribution in [1.29, 1.82) is 0 Å². The van der Waals surface area contributed by atoms with Crippen LogP contribution in [0.2, 0.25) is 0 Å². The molecule has 0 aliphatic heterocycles. The molecule has 0 heterocycles. The largest absolute Gasteiger partial charge is 0.480 e. The minimum absolute atomic E-state index is 0.209. The van der Waals surface area contributed by atoms with E-state index >= 15 is 0 Å². The highest BCUT2D eigenvalue weighted by Gasteiger charge is 2.02. The minimum Gasteiger partial charge on any atom is -0.480 e. The van der Waals surface area contributed by atoms with Crippen molar-refractivity contribution in [3.63, 3.8) is 0 Å². The van der Waals surface area contributed by atoms with Gasteiger partial charge in [0.05, 0.1) is 0 Å². The van der Waals surface area contributed by atoms with Gasteiger partial charge >= 0.3 is 5.97 Å². The minimum atomic E-state index is -1.02. The smallest absolute Gasteiger partial charge is 0.322 e. The summed E-state index contributed by atoms with van der Waals surface area (Å²) in [7, 11) is 0. The number of carboxylic acid groups (broad SMARTS) is 1. The van der Waals surface area contributed by atoms with Crippen molar-refractivity contribution in [1.82, 2.24) is 5.32 Å². The number of carbonyl (C=O) groups excluding carboxylic acids is 1.